The van der Waals surface area contributed by atoms with Gasteiger partial charge >= 0.3 is 0 Å². The van der Waals surface area contributed by atoms with Crippen LogP contribution in [0.15, 0.2) is 29.2 Å². The summed E-state index contributed by atoms with van der Waals surface area (Å²) in [7, 11) is 1.91. The van der Waals surface area contributed by atoms with Gasteiger partial charge in [0.2, 0.25) is 0 Å². The summed E-state index contributed by atoms with van der Waals surface area (Å²) in [6, 6.07) is 3.88. The molecule has 0 aromatic carbocycles. The molecule has 0 aliphatic carbocycles. The number of allylic oxidation sites excluding steroid dienone is 1. The van der Waals surface area contributed by atoms with Gasteiger partial charge in [0.15, 0.2) is 5.22 Å². The molecule has 13 heavy (non-hydrogen) atoms. The van der Waals surface area contributed by atoms with Crippen LogP contribution in [-0.2, 0) is 0 Å². The number of hydrogen-bond donors (Lipinski definition) is 1. The van der Waals surface area contributed by atoms with E-state index in [0.29, 0.717) is 5.22 Å². The van der Waals surface area contributed by atoms with Crippen molar-refractivity contribution >= 4 is 11.6 Å². The van der Waals surface area contributed by atoms with Crippen molar-refractivity contribution in [3.05, 3.63) is 35.8 Å². The van der Waals surface area contributed by atoms with E-state index >= 15 is 0 Å². The SMILES string of the molecule is C=CCCC(NC)c1ccc(Cl)o1. The Kier molecular flexibility index (Phi) is 4.06. The molecule has 1 rings (SSSR count). The number of hydrogen-bond acceptors (Lipinski definition) is 2. The van der Waals surface area contributed by atoms with E-state index in [4.69, 9.17) is 16.0 Å². The maximum atomic E-state index is 5.68. The number of nitrogens with one attached hydrogen (secondary N) is 1. The number of halogens is 1. The Morgan fingerprint density at radius 3 is 2.92 bits per heavy atom. The zero-order valence-electron chi connectivity index (χ0n) is 7.72. The third kappa shape index (κ3) is 2.90. The van der Waals surface area contributed by atoms with Crippen LogP contribution in [0.3, 0.4) is 0 Å². The van der Waals surface area contributed by atoms with Gasteiger partial charge in [-0.05, 0) is 43.6 Å². The van der Waals surface area contributed by atoms with Crippen LogP contribution in [0, 0.1) is 0 Å². The van der Waals surface area contributed by atoms with Gasteiger partial charge in [0.05, 0.1) is 6.04 Å². The van der Waals surface area contributed by atoms with E-state index < -0.39 is 0 Å². The Morgan fingerprint density at radius 1 is 1.69 bits per heavy atom. The van der Waals surface area contributed by atoms with E-state index in [1.54, 1.807) is 6.07 Å². The van der Waals surface area contributed by atoms with Gasteiger partial charge in [0, 0.05) is 0 Å². The number of rotatable bonds is 5. The van der Waals surface area contributed by atoms with Crippen LogP contribution in [0.25, 0.3) is 0 Å². The summed E-state index contributed by atoms with van der Waals surface area (Å²) in [5.41, 5.74) is 0. The first-order valence-corrected chi connectivity index (χ1v) is 4.69. The minimum atomic E-state index is 0.227. The minimum absolute atomic E-state index is 0.227. The predicted octanol–water partition coefficient (Wildman–Crippen LogP) is 3.16. The first-order valence-electron chi connectivity index (χ1n) is 4.31. The van der Waals surface area contributed by atoms with Crippen LogP contribution >= 0.6 is 11.6 Å². The van der Waals surface area contributed by atoms with Crippen molar-refractivity contribution in [3.63, 3.8) is 0 Å². The average molecular weight is 200 g/mol. The zero-order chi connectivity index (χ0) is 9.68. The summed E-state index contributed by atoms with van der Waals surface area (Å²) >= 11 is 5.68. The van der Waals surface area contributed by atoms with E-state index in [2.05, 4.69) is 11.9 Å². The highest BCUT2D eigenvalue weighted by atomic mass is 35.5. The smallest absolute Gasteiger partial charge is 0.193 e. The molecule has 1 N–H and O–H groups in total. The van der Waals surface area contributed by atoms with Crippen molar-refractivity contribution in [3.8, 4) is 0 Å². The van der Waals surface area contributed by atoms with Crippen LogP contribution in [0.5, 0.6) is 0 Å². The Balaban J connectivity index is 2.60. The largest absolute Gasteiger partial charge is 0.448 e. The van der Waals surface area contributed by atoms with Gasteiger partial charge in [-0.2, -0.15) is 0 Å². The molecule has 1 atom stereocenters. The summed E-state index contributed by atoms with van der Waals surface area (Å²) < 4.78 is 5.30. The van der Waals surface area contributed by atoms with Crippen LogP contribution in [-0.4, -0.2) is 7.05 Å². The fraction of sp³-hybridized carbons (Fsp3) is 0.400. The van der Waals surface area contributed by atoms with Crippen LogP contribution in [0.2, 0.25) is 5.22 Å². The van der Waals surface area contributed by atoms with Gasteiger partial charge in [-0.1, -0.05) is 6.08 Å². The molecule has 1 unspecified atom stereocenters. The first-order chi connectivity index (χ1) is 6.27. The van der Waals surface area contributed by atoms with Crippen molar-refractivity contribution in [2.75, 3.05) is 7.05 Å². The van der Waals surface area contributed by atoms with Gasteiger partial charge in [-0.15, -0.1) is 6.58 Å². The van der Waals surface area contributed by atoms with Gasteiger partial charge in [-0.25, -0.2) is 0 Å². The standard InChI is InChI=1S/C10H14ClNO/c1-3-4-5-8(12-2)9-6-7-10(11)13-9/h3,6-8,12H,1,4-5H2,2H3. The summed E-state index contributed by atoms with van der Waals surface area (Å²) in [5.74, 6) is 0.884. The monoisotopic (exact) mass is 199 g/mol. The molecule has 0 saturated heterocycles. The second-order valence-electron chi connectivity index (χ2n) is 2.85. The van der Waals surface area contributed by atoms with Crippen molar-refractivity contribution in [2.45, 2.75) is 18.9 Å². The maximum Gasteiger partial charge on any atom is 0.193 e. The topological polar surface area (TPSA) is 25.2 Å². The van der Waals surface area contributed by atoms with Crippen LogP contribution < -0.4 is 5.32 Å². The van der Waals surface area contributed by atoms with Gasteiger partial charge in [-0.3, -0.25) is 0 Å². The van der Waals surface area contributed by atoms with Crippen molar-refractivity contribution in [1.29, 1.82) is 0 Å². The van der Waals surface area contributed by atoms with E-state index in [9.17, 15) is 0 Å². The molecule has 0 aliphatic rings. The molecule has 0 amide bonds. The van der Waals surface area contributed by atoms with Crippen molar-refractivity contribution in [2.24, 2.45) is 0 Å². The minimum Gasteiger partial charge on any atom is -0.448 e. The molecule has 0 aliphatic heterocycles. The van der Waals surface area contributed by atoms with E-state index in [-0.39, 0.29) is 6.04 Å². The third-order valence-corrected chi connectivity index (χ3v) is 2.15. The quantitative estimate of drug-likeness (QED) is 0.737. The summed E-state index contributed by atoms with van der Waals surface area (Å²) in [6.07, 6.45) is 3.84. The first kappa shape index (κ1) is 10.4. The Bertz CT molecular complexity index is 270. The maximum absolute atomic E-state index is 5.68. The molecule has 2 nitrogen and oxygen atoms in total. The molecule has 0 bridgehead atoms. The van der Waals surface area contributed by atoms with Gasteiger partial charge < -0.3 is 9.73 Å². The summed E-state index contributed by atoms with van der Waals surface area (Å²) in [5, 5.41) is 3.61. The Hall–Kier alpha value is -0.730. The average Bonchev–Trinajstić information content (AvgIpc) is 2.54. The lowest BCUT2D eigenvalue weighted by Crippen LogP contribution is -2.15. The molecule has 0 saturated carbocycles. The molecular weight excluding hydrogens is 186 g/mol. The lowest BCUT2D eigenvalue weighted by molar-refractivity contribution is 0.417. The molecule has 0 spiro atoms. The molecule has 72 valence electrons. The van der Waals surface area contributed by atoms with E-state index in [0.717, 1.165) is 18.6 Å². The molecule has 1 aromatic heterocycles. The highest BCUT2D eigenvalue weighted by Crippen LogP contribution is 2.22. The second kappa shape index (κ2) is 5.10. The Morgan fingerprint density at radius 2 is 2.46 bits per heavy atom. The highest BCUT2D eigenvalue weighted by Gasteiger charge is 2.11. The molecule has 0 radical (unpaired) electrons. The highest BCUT2D eigenvalue weighted by molar-refractivity contribution is 6.28. The lowest BCUT2D eigenvalue weighted by Gasteiger charge is -2.11. The normalized spacial score (nSPS) is 12.8. The van der Waals surface area contributed by atoms with Gasteiger partial charge in [0.25, 0.3) is 0 Å². The fourth-order valence-corrected chi connectivity index (χ4v) is 1.38. The molecule has 1 aromatic rings. The summed E-state index contributed by atoms with van der Waals surface area (Å²) in [6.45, 7) is 3.68. The van der Waals surface area contributed by atoms with E-state index in [1.165, 1.54) is 0 Å². The summed E-state index contributed by atoms with van der Waals surface area (Å²) in [4.78, 5) is 0. The second-order valence-corrected chi connectivity index (χ2v) is 3.22. The molecule has 0 fully saturated rings. The molecular formula is C10H14ClNO. The van der Waals surface area contributed by atoms with Gasteiger partial charge in [0.1, 0.15) is 5.76 Å². The molecule has 3 heteroatoms. The van der Waals surface area contributed by atoms with E-state index in [1.807, 2.05) is 19.2 Å². The molecule has 1 heterocycles. The fourth-order valence-electron chi connectivity index (χ4n) is 1.23. The predicted molar refractivity (Wildman–Crippen MR) is 54.9 cm³/mol. The van der Waals surface area contributed by atoms with Crippen molar-refractivity contribution in [1.82, 2.24) is 5.32 Å². The van der Waals surface area contributed by atoms with Crippen LogP contribution in [0.4, 0.5) is 0 Å². The number of furan rings is 1. The zero-order valence-corrected chi connectivity index (χ0v) is 8.47. The van der Waals surface area contributed by atoms with Crippen molar-refractivity contribution < 1.29 is 4.42 Å². The lowest BCUT2D eigenvalue weighted by atomic mass is 10.1. The third-order valence-electron chi connectivity index (χ3n) is 1.95. The Labute approximate surface area is 83.6 Å². The van der Waals surface area contributed by atoms with Crippen LogP contribution in [0.1, 0.15) is 24.6 Å².